The Morgan fingerprint density at radius 1 is 1.10 bits per heavy atom. The highest BCUT2D eigenvalue weighted by Crippen LogP contribution is 2.27. The summed E-state index contributed by atoms with van der Waals surface area (Å²) in [7, 11) is 0. The molecule has 0 fully saturated rings. The van der Waals surface area contributed by atoms with Crippen LogP contribution in [0, 0.1) is 0 Å². The van der Waals surface area contributed by atoms with Gasteiger partial charge in [0.2, 0.25) is 5.91 Å². The number of carbonyl (C=O) groups is 1. The van der Waals surface area contributed by atoms with Crippen molar-refractivity contribution in [2.24, 2.45) is 5.73 Å². The number of hydrogen-bond donors (Lipinski definition) is 3. The lowest BCUT2D eigenvalue weighted by molar-refractivity contribution is -0.115. The fourth-order valence-corrected chi connectivity index (χ4v) is 2.54. The molecule has 2 aromatic carbocycles. The largest absolute Gasteiger partial charge is 0.398 e. The van der Waals surface area contributed by atoms with Crippen molar-refractivity contribution >= 4 is 29.0 Å². The molecule has 4 nitrogen and oxygen atoms in total. The summed E-state index contributed by atoms with van der Waals surface area (Å²) in [6, 6.07) is 15.6. The number of nitrogens with one attached hydrogen (secondary N) is 1. The Bertz CT molecular complexity index is 601. The SMILES string of the molecule is NC(=O)CSc1ccccc1NCc1ccccc1N. The number of hydrogen-bond acceptors (Lipinski definition) is 4. The molecule has 0 aromatic heterocycles. The Morgan fingerprint density at radius 3 is 2.55 bits per heavy atom. The topological polar surface area (TPSA) is 81.1 Å². The number of thioether (sulfide) groups is 1. The van der Waals surface area contributed by atoms with Gasteiger partial charge in [0.15, 0.2) is 0 Å². The molecule has 0 spiro atoms. The minimum absolute atomic E-state index is 0.270. The van der Waals surface area contributed by atoms with Crippen molar-refractivity contribution in [3.63, 3.8) is 0 Å². The second-order valence-corrected chi connectivity index (χ2v) is 5.32. The Labute approximate surface area is 122 Å². The number of amides is 1. The van der Waals surface area contributed by atoms with E-state index in [4.69, 9.17) is 11.5 Å². The molecular formula is C15H17N3OS. The Hall–Kier alpha value is -2.14. The van der Waals surface area contributed by atoms with Crippen molar-refractivity contribution in [3.8, 4) is 0 Å². The average molecular weight is 287 g/mol. The third-order valence-corrected chi connectivity index (χ3v) is 3.88. The summed E-state index contributed by atoms with van der Waals surface area (Å²) < 4.78 is 0. The molecule has 0 saturated heterocycles. The van der Waals surface area contributed by atoms with Gasteiger partial charge in [-0.15, -0.1) is 11.8 Å². The van der Waals surface area contributed by atoms with E-state index in [0.717, 1.165) is 21.8 Å². The highest BCUT2D eigenvalue weighted by atomic mass is 32.2. The second kappa shape index (κ2) is 6.86. The maximum absolute atomic E-state index is 10.9. The molecule has 1 amide bonds. The summed E-state index contributed by atoms with van der Waals surface area (Å²) in [6.07, 6.45) is 0. The van der Waals surface area contributed by atoms with Crippen molar-refractivity contribution in [1.82, 2.24) is 0 Å². The van der Waals surface area contributed by atoms with Crippen molar-refractivity contribution in [2.45, 2.75) is 11.4 Å². The summed E-state index contributed by atoms with van der Waals surface area (Å²) in [5.41, 5.74) is 13.9. The van der Waals surface area contributed by atoms with Crippen LogP contribution in [0.3, 0.4) is 0 Å². The zero-order chi connectivity index (χ0) is 14.4. The number of rotatable bonds is 6. The number of anilines is 2. The van der Waals surface area contributed by atoms with Gasteiger partial charge in [-0.2, -0.15) is 0 Å². The molecule has 20 heavy (non-hydrogen) atoms. The van der Waals surface area contributed by atoms with E-state index in [1.807, 2.05) is 48.5 Å². The molecular weight excluding hydrogens is 270 g/mol. The maximum Gasteiger partial charge on any atom is 0.227 e. The molecule has 5 heteroatoms. The minimum Gasteiger partial charge on any atom is -0.398 e. The van der Waals surface area contributed by atoms with Gasteiger partial charge in [0.05, 0.1) is 5.75 Å². The number of carbonyl (C=O) groups excluding carboxylic acids is 1. The van der Waals surface area contributed by atoms with Crippen LogP contribution in [0.15, 0.2) is 53.4 Å². The second-order valence-electron chi connectivity index (χ2n) is 4.30. The van der Waals surface area contributed by atoms with Crippen molar-refractivity contribution < 1.29 is 4.79 Å². The fourth-order valence-electron chi connectivity index (χ4n) is 1.77. The molecule has 0 aliphatic rings. The Balaban J connectivity index is 2.06. The van der Waals surface area contributed by atoms with Crippen molar-refractivity contribution in [3.05, 3.63) is 54.1 Å². The summed E-state index contributed by atoms with van der Waals surface area (Å²) in [6.45, 7) is 0.640. The van der Waals surface area contributed by atoms with E-state index < -0.39 is 0 Å². The van der Waals surface area contributed by atoms with E-state index in [1.165, 1.54) is 11.8 Å². The van der Waals surface area contributed by atoms with Crippen LogP contribution in [0.2, 0.25) is 0 Å². The molecule has 0 saturated carbocycles. The standard InChI is InChI=1S/C15H17N3OS/c16-12-6-2-1-5-11(12)9-18-13-7-3-4-8-14(13)20-10-15(17)19/h1-8,18H,9-10,16H2,(H2,17,19). The minimum atomic E-state index is -0.322. The van der Waals surface area contributed by atoms with Crippen LogP contribution >= 0.6 is 11.8 Å². The van der Waals surface area contributed by atoms with Gasteiger partial charge in [-0.3, -0.25) is 4.79 Å². The third kappa shape index (κ3) is 3.93. The quantitative estimate of drug-likeness (QED) is 0.563. The van der Waals surface area contributed by atoms with E-state index in [9.17, 15) is 4.79 Å². The van der Waals surface area contributed by atoms with E-state index in [0.29, 0.717) is 6.54 Å². The Morgan fingerprint density at radius 2 is 1.80 bits per heavy atom. The molecule has 0 radical (unpaired) electrons. The van der Waals surface area contributed by atoms with Crippen LogP contribution in [-0.4, -0.2) is 11.7 Å². The molecule has 0 aliphatic carbocycles. The van der Waals surface area contributed by atoms with Gasteiger partial charge in [-0.1, -0.05) is 30.3 Å². The average Bonchev–Trinajstić information content (AvgIpc) is 2.45. The number of nitrogen functional groups attached to an aromatic ring is 1. The van der Waals surface area contributed by atoms with E-state index in [1.54, 1.807) is 0 Å². The number of para-hydroxylation sites is 2. The van der Waals surface area contributed by atoms with Crippen LogP contribution in [0.5, 0.6) is 0 Å². The molecule has 2 rings (SSSR count). The molecule has 0 unspecified atom stereocenters. The van der Waals surface area contributed by atoms with Crippen LogP contribution in [0.1, 0.15) is 5.56 Å². The first-order chi connectivity index (χ1) is 9.66. The van der Waals surface area contributed by atoms with Gasteiger partial charge in [-0.05, 0) is 23.8 Å². The summed E-state index contributed by atoms with van der Waals surface area (Å²) >= 11 is 1.43. The molecule has 0 aliphatic heterocycles. The lowest BCUT2D eigenvalue weighted by Crippen LogP contribution is -2.13. The first kappa shape index (κ1) is 14.3. The van der Waals surface area contributed by atoms with Crippen LogP contribution < -0.4 is 16.8 Å². The fraction of sp³-hybridized carbons (Fsp3) is 0.133. The van der Waals surface area contributed by atoms with Gasteiger partial charge < -0.3 is 16.8 Å². The van der Waals surface area contributed by atoms with Crippen LogP contribution in [-0.2, 0) is 11.3 Å². The zero-order valence-corrected chi connectivity index (χ0v) is 11.8. The smallest absolute Gasteiger partial charge is 0.227 e. The van der Waals surface area contributed by atoms with Gasteiger partial charge in [-0.25, -0.2) is 0 Å². The molecule has 2 aromatic rings. The first-order valence-electron chi connectivity index (χ1n) is 6.24. The summed E-state index contributed by atoms with van der Waals surface area (Å²) in [4.78, 5) is 11.9. The first-order valence-corrected chi connectivity index (χ1v) is 7.23. The predicted molar refractivity (Wildman–Crippen MR) is 84.5 cm³/mol. The van der Waals surface area contributed by atoms with Gasteiger partial charge >= 0.3 is 0 Å². The number of nitrogens with two attached hydrogens (primary N) is 2. The van der Waals surface area contributed by atoms with Crippen molar-refractivity contribution in [2.75, 3.05) is 16.8 Å². The predicted octanol–water partition coefficient (Wildman–Crippen LogP) is 2.46. The zero-order valence-electron chi connectivity index (χ0n) is 11.0. The third-order valence-electron chi connectivity index (χ3n) is 2.78. The van der Waals surface area contributed by atoms with Crippen molar-refractivity contribution in [1.29, 1.82) is 0 Å². The van der Waals surface area contributed by atoms with Gasteiger partial charge in [0.1, 0.15) is 0 Å². The molecule has 0 heterocycles. The summed E-state index contributed by atoms with van der Waals surface area (Å²) in [5.74, 6) is -0.0521. The molecule has 5 N–H and O–H groups in total. The summed E-state index contributed by atoms with van der Waals surface area (Å²) in [5, 5.41) is 3.34. The maximum atomic E-state index is 10.9. The monoisotopic (exact) mass is 287 g/mol. The van der Waals surface area contributed by atoms with Gasteiger partial charge in [0.25, 0.3) is 0 Å². The molecule has 0 atom stereocenters. The molecule has 0 bridgehead atoms. The van der Waals surface area contributed by atoms with E-state index in [-0.39, 0.29) is 11.7 Å². The Kier molecular flexibility index (Phi) is 4.90. The van der Waals surface area contributed by atoms with E-state index in [2.05, 4.69) is 5.32 Å². The highest BCUT2D eigenvalue weighted by molar-refractivity contribution is 8.00. The van der Waals surface area contributed by atoms with Gasteiger partial charge in [0, 0.05) is 22.8 Å². The van der Waals surface area contributed by atoms with E-state index >= 15 is 0 Å². The molecule has 104 valence electrons. The lowest BCUT2D eigenvalue weighted by Gasteiger charge is -2.12. The number of primary amides is 1. The lowest BCUT2D eigenvalue weighted by atomic mass is 10.2. The number of benzene rings is 2. The van der Waals surface area contributed by atoms with Crippen LogP contribution in [0.25, 0.3) is 0 Å². The highest BCUT2D eigenvalue weighted by Gasteiger charge is 2.05. The van der Waals surface area contributed by atoms with Crippen LogP contribution in [0.4, 0.5) is 11.4 Å². The normalized spacial score (nSPS) is 10.2.